The number of rotatable bonds is 7. The molecule has 0 fully saturated rings. The molecular weight excluding hydrogens is 336 g/mol. The first kappa shape index (κ1) is 15.6. The Morgan fingerprint density at radius 3 is 2.81 bits per heavy atom. The van der Waals surface area contributed by atoms with Crippen molar-refractivity contribution >= 4 is 22.2 Å². The quantitative estimate of drug-likeness (QED) is 0.718. The number of benzene rings is 1. The largest absolute Gasteiger partial charge is 0.490 e. The average Bonchev–Trinajstić information content (AvgIpc) is 2.87. The molecule has 0 aliphatic rings. The normalized spacial score (nSPS) is 10.4. The van der Waals surface area contributed by atoms with E-state index in [9.17, 15) is 4.79 Å². The third kappa shape index (κ3) is 3.85. The molecule has 0 spiro atoms. The summed E-state index contributed by atoms with van der Waals surface area (Å²) in [6.45, 7) is 2.90. The van der Waals surface area contributed by atoms with Gasteiger partial charge in [-0.05, 0) is 41.1 Å². The third-order valence-corrected chi connectivity index (χ3v) is 3.58. The van der Waals surface area contributed by atoms with Crippen molar-refractivity contribution in [3.05, 3.63) is 40.1 Å². The molecule has 0 unspecified atom stereocenters. The molecule has 5 nitrogen and oxygen atoms in total. The standard InChI is InChI=1S/C15H17BrN2O3/c1-3-20-14-9-11(10-19)8-13(16)15(14)21-7-5-12-4-6-17-18(12)2/h4,6,8-10H,3,5,7H2,1-2H3. The summed E-state index contributed by atoms with van der Waals surface area (Å²) in [6.07, 6.45) is 3.28. The Hall–Kier alpha value is -1.82. The number of ether oxygens (including phenoxy) is 2. The van der Waals surface area contributed by atoms with Crippen LogP contribution in [0.4, 0.5) is 0 Å². The average molecular weight is 353 g/mol. The van der Waals surface area contributed by atoms with E-state index in [0.717, 1.165) is 18.4 Å². The SMILES string of the molecule is CCOc1cc(C=O)cc(Br)c1OCCc1ccnn1C. The van der Waals surface area contributed by atoms with E-state index >= 15 is 0 Å². The first-order valence-electron chi connectivity index (χ1n) is 6.67. The maximum atomic E-state index is 10.9. The van der Waals surface area contributed by atoms with Gasteiger partial charge in [-0.2, -0.15) is 5.10 Å². The van der Waals surface area contributed by atoms with Crippen molar-refractivity contribution in [2.45, 2.75) is 13.3 Å². The van der Waals surface area contributed by atoms with Crippen LogP contribution in [-0.4, -0.2) is 29.3 Å². The highest BCUT2D eigenvalue weighted by Crippen LogP contribution is 2.36. The van der Waals surface area contributed by atoms with Crippen molar-refractivity contribution in [1.29, 1.82) is 0 Å². The zero-order valence-corrected chi connectivity index (χ0v) is 13.6. The zero-order valence-electron chi connectivity index (χ0n) is 12.0. The monoisotopic (exact) mass is 352 g/mol. The summed E-state index contributed by atoms with van der Waals surface area (Å²) in [5.41, 5.74) is 1.64. The lowest BCUT2D eigenvalue weighted by atomic mass is 10.2. The Morgan fingerprint density at radius 2 is 2.19 bits per heavy atom. The van der Waals surface area contributed by atoms with E-state index in [4.69, 9.17) is 9.47 Å². The Kier molecular flexibility index (Phi) is 5.38. The van der Waals surface area contributed by atoms with E-state index in [1.165, 1.54) is 0 Å². The summed E-state index contributed by atoms with van der Waals surface area (Å²) in [5.74, 6) is 1.18. The number of aryl methyl sites for hydroxylation is 1. The topological polar surface area (TPSA) is 53.4 Å². The minimum absolute atomic E-state index is 0.499. The molecule has 1 aromatic carbocycles. The van der Waals surface area contributed by atoms with Crippen LogP contribution in [0.3, 0.4) is 0 Å². The molecule has 112 valence electrons. The number of aromatic nitrogens is 2. The number of carbonyl (C=O) groups excluding carboxylic acids is 1. The van der Waals surface area contributed by atoms with Gasteiger partial charge in [-0.1, -0.05) is 0 Å². The lowest BCUT2D eigenvalue weighted by Crippen LogP contribution is -2.07. The smallest absolute Gasteiger partial charge is 0.175 e. The number of hydrogen-bond acceptors (Lipinski definition) is 4. The lowest BCUT2D eigenvalue weighted by molar-refractivity contribution is 0.112. The molecule has 0 amide bonds. The van der Waals surface area contributed by atoms with Gasteiger partial charge in [0.2, 0.25) is 0 Å². The first-order valence-corrected chi connectivity index (χ1v) is 7.46. The Labute approximate surface area is 132 Å². The van der Waals surface area contributed by atoms with Crippen LogP contribution in [0.25, 0.3) is 0 Å². The van der Waals surface area contributed by atoms with Crippen LogP contribution in [0.5, 0.6) is 11.5 Å². The molecule has 1 heterocycles. The zero-order chi connectivity index (χ0) is 15.2. The number of carbonyl (C=O) groups is 1. The van der Waals surface area contributed by atoms with Gasteiger partial charge in [-0.3, -0.25) is 9.48 Å². The van der Waals surface area contributed by atoms with Crippen molar-refractivity contribution in [1.82, 2.24) is 9.78 Å². The van der Waals surface area contributed by atoms with Gasteiger partial charge in [0.1, 0.15) is 6.29 Å². The van der Waals surface area contributed by atoms with Gasteiger partial charge in [0, 0.05) is 30.9 Å². The molecule has 21 heavy (non-hydrogen) atoms. The minimum atomic E-state index is 0.499. The molecule has 2 rings (SSSR count). The molecule has 0 saturated carbocycles. The number of nitrogens with zero attached hydrogens (tertiary/aromatic N) is 2. The molecule has 2 aromatic rings. The summed E-state index contributed by atoms with van der Waals surface area (Å²) < 4.78 is 13.9. The molecule has 0 radical (unpaired) electrons. The first-order chi connectivity index (χ1) is 10.2. The van der Waals surface area contributed by atoms with Crippen molar-refractivity contribution in [3.8, 4) is 11.5 Å². The van der Waals surface area contributed by atoms with E-state index in [0.29, 0.717) is 34.7 Å². The fraction of sp³-hybridized carbons (Fsp3) is 0.333. The van der Waals surface area contributed by atoms with Gasteiger partial charge < -0.3 is 9.47 Å². The van der Waals surface area contributed by atoms with E-state index in [1.807, 2.05) is 24.7 Å². The lowest BCUT2D eigenvalue weighted by Gasteiger charge is -2.14. The van der Waals surface area contributed by atoms with Crippen LogP contribution in [0.15, 0.2) is 28.9 Å². The van der Waals surface area contributed by atoms with E-state index in [1.54, 1.807) is 18.3 Å². The van der Waals surface area contributed by atoms with Crippen LogP contribution in [-0.2, 0) is 13.5 Å². The highest BCUT2D eigenvalue weighted by Gasteiger charge is 2.12. The Balaban J connectivity index is 2.11. The van der Waals surface area contributed by atoms with E-state index in [2.05, 4.69) is 21.0 Å². The molecule has 1 aromatic heterocycles. The van der Waals surface area contributed by atoms with Gasteiger partial charge in [-0.15, -0.1) is 0 Å². The molecule has 0 bridgehead atoms. The summed E-state index contributed by atoms with van der Waals surface area (Å²) in [6, 6.07) is 5.35. The van der Waals surface area contributed by atoms with E-state index in [-0.39, 0.29) is 0 Å². The molecule has 0 saturated heterocycles. The van der Waals surface area contributed by atoms with Crippen LogP contribution in [0, 0.1) is 0 Å². The second-order valence-electron chi connectivity index (χ2n) is 4.43. The molecular formula is C15H17BrN2O3. The predicted molar refractivity (Wildman–Crippen MR) is 83.1 cm³/mol. The summed E-state index contributed by atoms with van der Waals surface area (Å²) in [4.78, 5) is 10.9. The van der Waals surface area contributed by atoms with Crippen molar-refractivity contribution in [2.75, 3.05) is 13.2 Å². The molecule has 0 atom stereocenters. The highest BCUT2D eigenvalue weighted by molar-refractivity contribution is 9.10. The van der Waals surface area contributed by atoms with Crippen LogP contribution >= 0.6 is 15.9 Å². The fourth-order valence-electron chi connectivity index (χ4n) is 1.96. The van der Waals surface area contributed by atoms with Gasteiger partial charge in [0.05, 0.1) is 17.7 Å². The Bertz CT molecular complexity index is 625. The second-order valence-corrected chi connectivity index (χ2v) is 5.28. The summed E-state index contributed by atoms with van der Waals surface area (Å²) in [5, 5.41) is 4.12. The summed E-state index contributed by atoms with van der Waals surface area (Å²) >= 11 is 3.42. The van der Waals surface area contributed by atoms with Crippen molar-refractivity contribution in [3.63, 3.8) is 0 Å². The van der Waals surface area contributed by atoms with Gasteiger partial charge >= 0.3 is 0 Å². The molecule has 0 aliphatic heterocycles. The van der Waals surface area contributed by atoms with Crippen molar-refractivity contribution in [2.24, 2.45) is 7.05 Å². The summed E-state index contributed by atoms with van der Waals surface area (Å²) in [7, 11) is 1.90. The molecule has 6 heteroatoms. The highest BCUT2D eigenvalue weighted by atomic mass is 79.9. The van der Waals surface area contributed by atoms with E-state index < -0.39 is 0 Å². The molecule has 0 N–H and O–H groups in total. The predicted octanol–water partition coefficient (Wildman–Crippen LogP) is 3.02. The van der Waals surface area contributed by atoms with Gasteiger partial charge in [0.25, 0.3) is 0 Å². The number of aldehydes is 1. The number of halogens is 1. The Morgan fingerprint density at radius 1 is 1.38 bits per heavy atom. The maximum Gasteiger partial charge on any atom is 0.175 e. The fourth-order valence-corrected chi connectivity index (χ4v) is 2.54. The van der Waals surface area contributed by atoms with Crippen molar-refractivity contribution < 1.29 is 14.3 Å². The number of hydrogen-bond donors (Lipinski definition) is 0. The maximum absolute atomic E-state index is 10.9. The van der Waals surface area contributed by atoms with Gasteiger partial charge in [0.15, 0.2) is 11.5 Å². The molecule has 0 aliphatic carbocycles. The van der Waals surface area contributed by atoms with Crippen LogP contribution < -0.4 is 9.47 Å². The second kappa shape index (κ2) is 7.26. The third-order valence-electron chi connectivity index (χ3n) is 2.99. The van der Waals surface area contributed by atoms with Crippen LogP contribution in [0.1, 0.15) is 23.0 Å². The van der Waals surface area contributed by atoms with Gasteiger partial charge in [-0.25, -0.2) is 0 Å². The van der Waals surface area contributed by atoms with Crippen LogP contribution in [0.2, 0.25) is 0 Å². The minimum Gasteiger partial charge on any atom is -0.490 e.